The van der Waals surface area contributed by atoms with Gasteiger partial charge in [0, 0.05) is 12.1 Å². The molecule has 0 bridgehead atoms. The second kappa shape index (κ2) is 3.88. The molecule has 0 radical (unpaired) electrons. The Morgan fingerprint density at radius 3 is 2.15 bits per heavy atom. The fraction of sp³-hybridized carbons (Fsp3) is 0.455. The van der Waals surface area contributed by atoms with Gasteiger partial charge in [0.2, 0.25) is 0 Å². The lowest BCUT2D eigenvalue weighted by Crippen LogP contribution is -2.35. The SMILES string of the molecule is CC(C)(C)NCc1ccc(F)cc1. The molecule has 72 valence electrons. The monoisotopic (exact) mass is 181 g/mol. The number of benzene rings is 1. The lowest BCUT2D eigenvalue weighted by molar-refractivity contribution is 0.424. The van der Waals surface area contributed by atoms with Crippen molar-refractivity contribution in [2.24, 2.45) is 0 Å². The average molecular weight is 181 g/mol. The Kier molecular flexibility index (Phi) is 3.04. The third kappa shape index (κ3) is 4.04. The molecule has 1 rings (SSSR count). The van der Waals surface area contributed by atoms with E-state index < -0.39 is 0 Å². The van der Waals surface area contributed by atoms with Gasteiger partial charge in [0.15, 0.2) is 0 Å². The van der Waals surface area contributed by atoms with Crippen LogP contribution in [0.4, 0.5) is 4.39 Å². The summed E-state index contributed by atoms with van der Waals surface area (Å²) in [5.41, 5.74) is 1.21. The topological polar surface area (TPSA) is 12.0 Å². The first-order valence-electron chi connectivity index (χ1n) is 4.47. The lowest BCUT2D eigenvalue weighted by Gasteiger charge is -2.20. The van der Waals surface area contributed by atoms with Crippen molar-refractivity contribution in [1.29, 1.82) is 0 Å². The van der Waals surface area contributed by atoms with E-state index in [2.05, 4.69) is 26.1 Å². The minimum absolute atomic E-state index is 0.106. The standard InChI is InChI=1S/C11H16FN/c1-11(2,3)13-8-9-4-6-10(12)7-5-9/h4-7,13H,8H2,1-3H3. The maximum Gasteiger partial charge on any atom is 0.123 e. The van der Waals surface area contributed by atoms with Crippen molar-refractivity contribution in [2.45, 2.75) is 32.9 Å². The van der Waals surface area contributed by atoms with Crippen LogP contribution in [0.15, 0.2) is 24.3 Å². The van der Waals surface area contributed by atoms with E-state index >= 15 is 0 Å². The quantitative estimate of drug-likeness (QED) is 0.739. The van der Waals surface area contributed by atoms with E-state index in [-0.39, 0.29) is 11.4 Å². The zero-order valence-corrected chi connectivity index (χ0v) is 8.39. The van der Waals surface area contributed by atoms with Crippen molar-refractivity contribution < 1.29 is 4.39 Å². The lowest BCUT2D eigenvalue weighted by atomic mass is 10.1. The van der Waals surface area contributed by atoms with E-state index in [0.29, 0.717) is 0 Å². The summed E-state index contributed by atoms with van der Waals surface area (Å²) < 4.78 is 12.5. The average Bonchev–Trinajstić information content (AvgIpc) is 2.02. The molecule has 0 atom stereocenters. The fourth-order valence-corrected chi connectivity index (χ4v) is 0.969. The van der Waals surface area contributed by atoms with Gasteiger partial charge in [-0.05, 0) is 38.5 Å². The Balaban J connectivity index is 2.51. The van der Waals surface area contributed by atoms with E-state index in [1.165, 1.54) is 12.1 Å². The smallest absolute Gasteiger partial charge is 0.123 e. The maximum absolute atomic E-state index is 12.5. The molecule has 0 saturated carbocycles. The summed E-state index contributed by atoms with van der Waals surface area (Å²) in [4.78, 5) is 0. The molecule has 0 saturated heterocycles. The van der Waals surface area contributed by atoms with Crippen LogP contribution in [0.5, 0.6) is 0 Å². The van der Waals surface area contributed by atoms with Crippen LogP contribution >= 0.6 is 0 Å². The van der Waals surface area contributed by atoms with Gasteiger partial charge in [-0.25, -0.2) is 4.39 Å². The molecular weight excluding hydrogens is 165 g/mol. The first kappa shape index (κ1) is 10.2. The molecule has 0 amide bonds. The molecule has 1 N–H and O–H groups in total. The van der Waals surface area contributed by atoms with Crippen LogP contribution in [0.3, 0.4) is 0 Å². The first-order chi connectivity index (χ1) is 5.97. The molecule has 0 unspecified atom stereocenters. The highest BCUT2D eigenvalue weighted by Crippen LogP contribution is 2.05. The van der Waals surface area contributed by atoms with Crippen LogP contribution in [-0.4, -0.2) is 5.54 Å². The fourth-order valence-electron chi connectivity index (χ4n) is 0.969. The molecular formula is C11H16FN. The van der Waals surface area contributed by atoms with E-state index in [0.717, 1.165) is 12.1 Å². The normalized spacial score (nSPS) is 11.7. The van der Waals surface area contributed by atoms with Crippen molar-refractivity contribution in [2.75, 3.05) is 0 Å². The molecule has 1 aromatic carbocycles. The van der Waals surface area contributed by atoms with Gasteiger partial charge in [-0.3, -0.25) is 0 Å². The summed E-state index contributed by atoms with van der Waals surface area (Å²) in [6.45, 7) is 7.10. The van der Waals surface area contributed by atoms with Gasteiger partial charge < -0.3 is 5.32 Å². The Morgan fingerprint density at radius 2 is 1.69 bits per heavy atom. The van der Waals surface area contributed by atoms with Crippen LogP contribution < -0.4 is 5.32 Å². The van der Waals surface area contributed by atoms with Crippen LogP contribution in [0.25, 0.3) is 0 Å². The van der Waals surface area contributed by atoms with E-state index in [4.69, 9.17) is 0 Å². The molecule has 1 nitrogen and oxygen atoms in total. The molecule has 0 aromatic heterocycles. The van der Waals surface area contributed by atoms with Gasteiger partial charge in [0.1, 0.15) is 5.82 Å². The Labute approximate surface area is 79.0 Å². The van der Waals surface area contributed by atoms with E-state index in [1.54, 1.807) is 12.1 Å². The molecule has 0 spiro atoms. The second-order valence-corrected chi connectivity index (χ2v) is 4.23. The second-order valence-electron chi connectivity index (χ2n) is 4.23. The minimum Gasteiger partial charge on any atom is -0.308 e. The van der Waals surface area contributed by atoms with E-state index in [1.807, 2.05) is 0 Å². The Bertz CT molecular complexity index is 258. The van der Waals surface area contributed by atoms with Gasteiger partial charge in [-0.2, -0.15) is 0 Å². The van der Waals surface area contributed by atoms with Crippen molar-refractivity contribution >= 4 is 0 Å². The van der Waals surface area contributed by atoms with Crippen LogP contribution in [-0.2, 0) is 6.54 Å². The molecule has 13 heavy (non-hydrogen) atoms. The van der Waals surface area contributed by atoms with Gasteiger partial charge in [-0.1, -0.05) is 12.1 Å². The zero-order valence-electron chi connectivity index (χ0n) is 8.39. The van der Waals surface area contributed by atoms with Crippen LogP contribution in [0.1, 0.15) is 26.3 Å². The molecule has 0 aliphatic carbocycles. The molecule has 0 aliphatic heterocycles. The van der Waals surface area contributed by atoms with Crippen molar-refractivity contribution in [1.82, 2.24) is 5.32 Å². The molecule has 0 fully saturated rings. The third-order valence-electron chi connectivity index (χ3n) is 1.74. The predicted octanol–water partition coefficient (Wildman–Crippen LogP) is 2.71. The molecule has 0 heterocycles. The largest absolute Gasteiger partial charge is 0.308 e. The summed E-state index contributed by atoms with van der Waals surface area (Å²) in [7, 11) is 0. The number of rotatable bonds is 2. The molecule has 0 aliphatic rings. The molecule has 2 heteroatoms. The summed E-state index contributed by atoms with van der Waals surface area (Å²) >= 11 is 0. The zero-order chi connectivity index (χ0) is 9.90. The van der Waals surface area contributed by atoms with Gasteiger partial charge in [-0.15, -0.1) is 0 Å². The number of hydrogen-bond acceptors (Lipinski definition) is 1. The van der Waals surface area contributed by atoms with Crippen molar-refractivity contribution in [3.8, 4) is 0 Å². The van der Waals surface area contributed by atoms with Gasteiger partial charge >= 0.3 is 0 Å². The Morgan fingerprint density at radius 1 is 1.15 bits per heavy atom. The number of hydrogen-bond donors (Lipinski definition) is 1. The number of halogens is 1. The van der Waals surface area contributed by atoms with Crippen molar-refractivity contribution in [3.63, 3.8) is 0 Å². The highest BCUT2D eigenvalue weighted by Gasteiger charge is 2.07. The summed E-state index contributed by atoms with van der Waals surface area (Å²) in [6, 6.07) is 6.57. The molecule has 1 aromatic rings. The maximum atomic E-state index is 12.5. The van der Waals surface area contributed by atoms with Crippen LogP contribution in [0, 0.1) is 5.82 Å². The summed E-state index contributed by atoms with van der Waals surface area (Å²) in [5, 5.41) is 3.34. The first-order valence-corrected chi connectivity index (χ1v) is 4.47. The van der Waals surface area contributed by atoms with Crippen LogP contribution in [0.2, 0.25) is 0 Å². The summed E-state index contributed by atoms with van der Waals surface area (Å²) in [5.74, 6) is -0.181. The minimum atomic E-state index is -0.181. The number of nitrogens with one attached hydrogen (secondary N) is 1. The third-order valence-corrected chi connectivity index (χ3v) is 1.74. The highest BCUT2D eigenvalue weighted by atomic mass is 19.1. The van der Waals surface area contributed by atoms with Crippen molar-refractivity contribution in [3.05, 3.63) is 35.6 Å². The van der Waals surface area contributed by atoms with Gasteiger partial charge in [0.05, 0.1) is 0 Å². The highest BCUT2D eigenvalue weighted by molar-refractivity contribution is 5.15. The summed E-state index contributed by atoms with van der Waals surface area (Å²) in [6.07, 6.45) is 0. The van der Waals surface area contributed by atoms with E-state index in [9.17, 15) is 4.39 Å². The Hall–Kier alpha value is -0.890. The van der Waals surface area contributed by atoms with Gasteiger partial charge in [0.25, 0.3) is 0 Å². The predicted molar refractivity (Wildman–Crippen MR) is 53.0 cm³/mol.